The van der Waals surface area contributed by atoms with Gasteiger partial charge in [-0.15, -0.1) is 24.0 Å². The minimum atomic E-state index is -4.91. The van der Waals surface area contributed by atoms with E-state index in [0.717, 1.165) is 23.7 Å². The van der Waals surface area contributed by atoms with Crippen molar-refractivity contribution >= 4 is 84.5 Å². The van der Waals surface area contributed by atoms with Crippen molar-refractivity contribution in [3.05, 3.63) is 60.2 Å². The molecule has 0 heterocycles. The fourth-order valence-corrected chi connectivity index (χ4v) is 5.90. The Morgan fingerprint density at radius 3 is 2.33 bits per heavy atom. The second-order valence-electron chi connectivity index (χ2n) is 9.20. The van der Waals surface area contributed by atoms with E-state index in [-0.39, 0.29) is 50.8 Å². The molecule has 1 atom stereocenters. The van der Waals surface area contributed by atoms with Gasteiger partial charge in [-0.05, 0) is 54.8 Å². The van der Waals surface area contributed by atoms with E-state index in [1.54, 1.807) is 30.3 Å². The molecule has 0 aromatic heterocycles. The number of phenolic OH excluding ortho intramolecular Hbond substituents is 1. The predicted octanol–water partition coefficient (Wildman–Crippen LogP) is 6.99. The standard InChI is InChI=1S/C26H25N5O14S4/c1-14-3-5-16(6-4-14)28-31-25-21(49(36,37)38)12-15-11-20(47-44-41-33)24(26(32)22(15)23(25)27)30-29-18-13-17(7-8-19(18)39-2)46-43-40-9-10-48(35)45-42-34/h3-8,11-13,32-34H,9-10,27H2,1-2H3,(H,36,37,38). The second kappa shape index (κ2) is 17.7. The molecule has 0 radical (unpaired) electrons. The quantitative estimate of drug-likeness (QED) is 0.0138. The van der Waals surface area contributed by atoms with E-state index in [4.69, 9.17) is 30.2 Å². The Kier molecular flexibility index (Phi) is 13.7. The molecule has 0 fully saturated rings. The van der Waals surface area contributed by atoms with E-state index >= 15 is 0 Å². The molecule has 0 aliphatic carbocycles. The number of rotatable bonds is 17. The molecule has 19 nitrogen and oxygen atoms in total. The third kappa shape index (κ3) is 10.1. The second-order valence-corrected chi connectivity index (χ2v) is 13.3. The van der Waals surface area contributed by atoms with Crippen LogP contribution in [0.15, 0.2) is 89.7 Å². The van der Waals surface area contributed by atoms with Crippen molar-refractivity contribution in [2.75, 3.05) is 25.2 Å². The molecule has 4 aromatic carbocycles. The van der Waals surface area contributed by atoms with Gasteiger partial charge in [0.1, 0.15) is 27.7 Å². The highest BCUT2D eigenvalue weighted by molar-refractivity contribution is 7.95. The maximum absolute atomic E-state index is 12.4. The molecule has 0 saturated carbocycles. The average Bonchev–Trinajstić information content (AvgIpc) is 3.06. The first-order valence-corrected chi connectivity index (χ1v) is 17.3. The summed E-state index contributed by atoms with van der Waals surface area (Å²) in [6, 6.07) is 13.6. The molecule has 6 N–H and O–H groups in total. The lowest BCUT2D eigenvalue weighted by Crippen LogP contribution is -2.07. The molecule has 49 heavy (non-hydrogen) atoms. The molecular formula is C26H25N5O14S4. The summed E-state index contributed by atoms with van der Waals surface area (Å²) in [6.07, 6.45) is 0. The van der Waals surface area contributed by atoms with Crippen molar-refractivity contribution in [3.8, 4) is 11.5 Å². The fraction of sp³-hybridized carbons (Fsp3) is 0.154. The number of ether oxygens (including phenoxy) is 1. The Morgan fingerprint density at radius 1 is 0.918 bits per heavy atom. The summed E-state index contributed by atoms with van der Waals surface area (Å²) in [4.78, 5) is 4.57. The summed E-state index contributed by atoms with van der Waals surface area (Å²) in [7, 11) is -3.54. The highest BCUT2D eigenvalue weighted by Crippen LogP contribution is 2.50. The number of methoxy groups -OCH3 is 1. The van der Waals surface area contributed by atoms with Gasteiger partial charge in [0, 0.05) is 4.90 Å². The van der Waals surface area contributed by atoms with E-state index < -0.39 is 37.5 Å². The van der Waals surface area contributed by atoms with Gasteiger partial charge in [-0.2, -0.15) is 17.9 Å². The Labute approximate surface area is 288 Å². The molecule has 0 spiro atoms. The molecule has 1 unspecified atom stereocenters. The zero-order chi connectivity index (χ0) is 35.6. The Balaban J connectivity index is 1.75. The SMILES string of the molecule is COc1ccc(SOOCCS(=O)OOO)cc1N=Nc1c(SOOO)cc2cc(S(=O)(=O)O)c(N=Nc3ccc(C)cc3)c(N)c2c1O. The van der Waals surface area contributed by atoms with Gasteiger partial charge in [-0.3, -0.25) is 4.55 Å². The van der Waals surface area contributed by atoms with Crippen molar-refractivity contribution < 1.29 is 65.5 Å². The molecular weight excluding hydrogens is 735 g/mol. The normalized spacial score (nSPS) is 12.8. The van der Waals surface area contributed by atoms with Crippen molar-refractivity contribution in [1.82, 2.24) is 0 Å². The number of fused-ring (bicyclic) bond motifs is 1. The van der Waals surface area contributed by atoms with E-state index in [1.807, 2.05) is 6.92 Å². The zero-order valence-electron chi connectivity index (χ0n) is 25.0. The Bertz CT molecular complexity index is 1980. The van der Waals surface area contributed by atoms with Crippen LogP contribution in [0.2, 0.25) is 0 Å². The zero-order valence-corrected chi connectivity index (χ0v) is 28.2. The Hall–Kier alpha value is -3.82. The largest absolute Gasteiger partial charge is 0.505 e. The van der Waals surface area contributed by atoms with Gasteiger partial charge in [-0.25, -0.2) is 19.6 Å². The van der Waals surface area contributed by atoms with Gasteiger partial charge < -0.3 is 15.6 Å². The van der Waals surface area contributed by atoms with Crippen LogP contribution in [-0.4, -0.2) is 52.3 Å². The minimum absolute atomic E-state index is 0.00712. The lowest BCUT2D eigenvalue weighted by molar-refractivity contribution is -0.435. The van der Waals surface area contributed by atoms with Crippen molar-refractivity contribution in [1.29, 1.82) is 0 Å². The molecule has 0 aliphatic heterocycles. The molecule has 0 bridgehead atoms. The first-order chi connectivity index (χ1) is 23.5. The maximum atomic E-state index is 12.4. The molecule has 0 saturated heterocycles. The van der Waals surface area contributed by atoms with Crippen LogP contribution in [0.5, 0.6) is 11.5 Å². The molecule has 4 aromatic rings. The highest BCUT2D eigenvalue weighted by atomic mass is 32.2. The third-order valence-corrected chi connectivity index (χ3v) is 8.88. The van der Waals surface area contributed by atoms with Gasteiger partial charge in [0.2, 0.25) is 0 Å². The minimum Gasteiger partial charge on any atom is -0.505 e. The first-order valence-electron chi connectivity index (χ1n) is 13.1. The van der Waals surface area contributed by atoms with Gasteiger partial charge >= 0.3 is 0 Å². The summed E-state index contributed by atoms with van der Waals surface area (Å²) in [5, 5.41) is 51.5. The van der Waals surface area contributed by atoms with Crippen LogP contribution < -0.4 is 10.5 Å². The molecule has 23 heteroatoms. The number of benzene rings is 4. The number of nitrogens with zero attached hydrogens (tertiary/aromatic N) is 4. The number of phenols is 1. The monoisotopic (exact) mass is 759 g/mol. The van der Waals surface area contributed by atoms with Crippen LogP contribution in [0.3, 0.4) is 0 Å². The van der Waals surface area contributed by atoms with E-state index in [1.165, 1.54) is 25.3 Å². The summed E-state index contributed by atoms with van der Waals surface area (Å²) < 4.78 is 64.9. The van der Waals surface area contributed by atoms with E-state index in [9.17, 15) is 22.3 Å². The number of nitrogen functional groups attached to an aromatic ring is 1. The van der Waals surface area contributed by atoms with Gasteiger partial charge in [-0.1, -0.05) is 27.8 Å². The summed E-state index contributed by atoms with van der Waals surface area (Å²) in [6.45, 7) is 1.68. The average molecular weight is 760 g/mol. The highest BCUT2D eigenvalue weighted by Gasteiger charge is 2.25. The number of azo groups is 2. The fourth-order valence-electron chi connectivity index (χ4n) is 3.91. The summed E-state index contributed by atoms with van der Waals surface area (Å²) >= 11 is -0.850. The summed E-state index contributed by atoms with van der Waals surface area (Å²) in [5.41, 5.74) is 6.65. The summed E-state index contributed by atoms with van der Waals surface area (Å²) in [5.74, 6) is -0.556. The van der Waals surface area contributed by atoms with Crippen LogP contribution in [0, 0.1) is 6.92 Å². The Morgan fingerprint density at radius 2 is 1.65 bits per heavy atom. The van der Waals surface area contributed by atoms with Gasteiger partial charge in [0.15, 0.2) is 16.8 Å². The van der Waals surface area contributed by atoms with Gasteiger partial charge in [0.25, 0.3) is 10.1 Å². The lowest BCUT2D eigenvalue weighted by atomic mass is 10.1. The van der Waals surface area contributed by atoms with Crippen LogP contribution >= 0.6 is 24.1 Å². The van der Waals surface area contributed by atoms with Crippen LogP contribution in [0.4, 0.5) is 28.4 Å². The van der Waals surface area contributed by atoms with Crippen LogP contribution in [0.25, 0.3) is 10.8 Å². The number of aryl methyl sites for hydroxylation is 1. The third-order valence-electron chi connectivity index (χ3n) is 6.07. The topological polar surface area (TPSA) is 272 Å². The van der Waals surface area contributed by atoms with Crippen molar-refractivity contribution in [3.63, 3.8) is 0 Å². The number of hydrogen-bond donors (Lipinski definition) is 5. The molecule has 0 aliphatic rings. The number of anilines is 1. The predicted molar refractivity (Wildman–Crippen MR) is 174 cm³/mol. The molecule has 262 valence electrons. The molecule has 0 amide bonds. The maximum Gasteiger partial charge on any atom is 0.296 e. The number of aromatic hydroxyl groups is 1. The van der Waals surface area contributed by atoms with E-state index in [0.29, 0.717) is 22.6 Å². The van der Waals surface area contributed by atoms with Gasteiger partial charge in [0.05, 0.1) is 65.2 Å². The van der Waals surface area contributed by atoms with Crippen LogP contribution in [-0.2, 0) is 49.2 Å². The van der Waals surface area contributed by atoms with Crippen molar-refractivity contribution in [2.45, 2.75) is 21.6 Å². The van der Waals surface area contributed by atoms with E-state index in [2.05, 4.69) is 39.2 Å². The molecule has 4 rings (SSSR count). The van der Waals surface area contributed by atoms with Crippen LogP contribution in [0.1, 0.15) is 5.56 Å². The first kappa shape index (κ1) is 38.0. The smallest absolute Gasteiger partial charge is 0.296 e. The number of hydrogen-bond acceptors (Lipinski definition) is 20. The van der Waals surface area contributed by atoms with Crippen molar-refractivity contribution in [2.24, 2.45) is 20.5 Å². The lowest BCUT2D eigenvalue weighted by Gasteiger charge is -2.14. The number of nitrogens with two attached hydrogens (primary N) is 1.